The van der Waals surface area contributed by atoms with Gasteiger partial charge in [0.25, 0.3) is 5.91 Å². The zero-order valence-electron chi connectivity index (χ0n) is 8.50. The number of rotatable bonds is 2. The van der Waals surface area contributed by atoms with Gasteiger partial charge in [0.15, 0.2) is 9.84 Å². The van der Waals surface area contributed by atoms with Gasteiger partial charge in [-0.2, -0.15) is 0 Å². The number of carbonyl (C=O) groups excluding carboxylic acids is 1. The summed E-state index contributed by atoms with van der Waals surface area (Å²) in [5.41, 5.74) is 0.0511. The predicted molar refractivity (Wildman–Crippen MR) is 61.2 cm³/mol. The molecule has 0 aromatic carbocycles. The average molecular weight is 274 g/mol. The molecule has 1 aliphatic rings. The molecular weight excluding hydrogens is 266 g/mol. The normalized spacial score (nSPS) is 21.4. The fourth-order valence-electron chi connectivity index (χ4n) is 1.36. The van der Waals surface area contributed by atoms with Gasteiger partial charge in [0, 0.05) is 5.41 Å². The van der Waals surface area contributed by atoms with Crippen molar-refractivity contribution in [2.45, 2.75) is 6.04 Å². The molecule has 1 aliphatic heterocycles. The zero-order valence-corrected chi connectivity index (χ0v) is 10.1. The van der Waals surface area contributed by atoms with E-state index in [2.05, 4.69) is 15.3 Å². The molecule has 0 radical (unpaired) electrons. The second-order valence-corrected chi connectivity index (χ2v) is 5.78. The van der Waals surface area contributed by atoms with Crippen molar-refractivity contribution in [1.29, 1.82) is 0 Å². The summed E-state index contributed by atoms with van der Waals surface area (Å²) >= 11 is 5.59. The molecular formula is C9H8ClN3O3S. The number of hydrogen-bond acceptors (Lipinski definition) is 5. The molecule has 6 nitrogen and oxygen atoms in total. The van der Waals surface area contributed by atoms with E-state index in [9.17, 15) is 13.2 Å². The Morgan fingerprint density at radius 2 is 2.24 bits per heavy atom. The standard InChI is InChI=1S/C9H8ClN3O3S/c10-8-4-11-3-7(13-8)9(14)12-6-1-2-17(15,16)5-6/h1-4,6H,5H2,(H,12,14). The van der Waals surface area contributed by atoms with Crippen molar-refractivity contribution in [1.82, 2.24) is 15.3 Å². The van der Waals surface area contributed by atoms with Crippen LogP contribution in [0.25, 0.3) is 0 Å². The third kappa shape index (κ3) is 3.01. The quantitative estimate of drug-likeness (QED) is 0.830. The summed E-state index contributed by atoms with van der Waals surface area (Å²) in [7, 11) is -3.19. The molecule has 2 heterocycles. The molecule has 0 fully saturated rings. The van der Waals surface area contributed by atoms with Gasteiger partial charge in [0.2, 0.25) is 0 Å². The van der Waals surface area contributed by atoms with Crippen LogP contribution in [0.5, 0.6) is 0 Å². The van der Waals surface area contributed by atoms with E-state index in [1.165, 1.54) is 18.5 Å². The van der Waals surface area contributed by atoms with Crippen LogP contribution in [-0.2, 0) is 9.84 Å². The van der Waals surface area contributed by atoms with Gasteiger partial charge in [0.1, 0.15) is 10.8 Å². The Hall–Kier alpha value is -1.47. The van der Waals surface area contributed by atoms with E-state index in [4.69, 9.17) is 11.6 Å². The molecule has 2 rings (SSSR count). The van der Waals surface area contributed by atoms with Crippen LogP contribution in [0.1, 0.15) is 10.5 Å². The van der Waals surface area contributed by atoms with E-state index in [1.54, 1.807) is 0 Å². The number of sulfone groups is 1. The van der Waals surface area contributed by atoms with E-state index in [1.807, 2.05) is 0 Å². The molecule has 1 amide bonds. The lowest BCUT2D eigenvalue weighted by Gasteiger charge is -2.08. The molecule has 0 saturated heterocycles. The van der Waals surface area contributed by atoms with Gasteiger partial charge in [-0.3, -0.25) is 9.78 Å². The molecule has 1 aromatic heterocycles. The van der Waals surface area contributed by atoms with E-state index in [0.717, 1.165) is 5.41 Å². The van der Waals surface area contributed by atoms with E-state index in [-0.39, 0.29) is 16.6 Å². The van der Waals surface area contributed by atoms with Crippen LogP contribution in [0, 0.1) is 0 Å². The highest BCUT2D eigenvalue weighted by Crippen LogP contribution is 2.09. The first-order valence-electron chi connectivity index (χ1n) is 4.66. The molecule has 0 aliphatic carbocycles. The van der Waals surface area contributed by atoms with Gasteiger partial charge in [0.05, 0.1) is 24.2 Å². The highest BCUT2D eigenvalue weighted by atomic mass is 35.5. The summed E-state index contributed by atoms with van der Waals surface area (Å²) in [5, 5.41) is 3.70. The van der Waals surface area contributed by atoms with Gasteiger partial charge in [-0.05, 0) is 6.08 Å². The topological polar surface area (TPSA) is 89.0 Å². The first-order valence-corrected chi connectivity index (χ1v) is 6.75. The predicted octanol–water partition coefficient (Wildman–Crippen LogP) is 0.171. The summed E-state index contributed by atoms with van der Waals surface area (Å²) in [6, 6.07) is -0.534. The fourth-order valence-corrected chi connectivity index (χ4v) is 2.74. The van der Waals surface area contributed by atoms with Crippen molar-refractivity contribution in [3.8, 4) is 0 Å². The van der Waals surface area contributed by atoms with E-state index >= 15 is 0 Å². The maximum absolute atomic E-state index is 11.7. The molecule has 0 saturated carbocycles. The smallest absolute Gasteiger partial charge is 0.272 e. The number of carbonyl (C=O) groups is 1. The summed E-state index contributed by atoms with van der Waals surface area (Å²) in [4.78, 5) is 19.1. The minimum Gasteiger partial charge on any atom is -0.343 e. The first kappa shape index (κ1) is 12.0. The third-order valence-corrected chi connectivity index (χ3v) is 3.66. The Balaban J connectivity index is 2.06. The first-order chi connectivity index (χ1) is 7.96. The number of hydrogen-bond donors (Lipinski definition) is 1. The largest absolute Gasteiger partial charge is 0.343 e. The Labute approximate surface area is 103 Å². The van der Waals surface area contributed by atoms with Crippen molar-refractivity contribution < 1.29 is 13.2 Å². The molecule has 0 spiro atoms. The lowest BCUT2D eigenvalue weighted by Crippen LogP contribution is -2.36. The molecule has 1 aromatic rings. The molecule has 1 N–H and O–H groups in total. The lowest BCUT2D eigenvalue weighted by atomic mass is 10.3. The van der Waals surface area contributed by atoms with Crippen LogP contribution >= 0.6 is 11.6 Å². The minimum atomic E-state index is -3.19. The van der Waals surface area contributed by atoms with Crippen LogP contribution in [0.4, 0.5) is 0 Å². The minimum absolute atomic E-state index is 0.0511. The van der Waals surface area contributed by atoms with Gasteiger partial charge in [-0.25, -0.2) is 13.4 Å². The number of nitrogens with one attached hydrogen (secondary N) is 1. The van der Waals surface area contributed by atoms with Crippen LogP contribution in [0.3, 0.4) is 0 Å². The van der Waals surface area contributed by atoms with E-state index in [0.29, 0.717) is 0 Å². The number of halogens is 1. The number of amides is 1. The summed E-state index contributed by atoms with van der Waals surface area (Å²) in [6.07, 6.45) is 3.98. The van der Waals surface area contributed by atoms with Gasteiger partial charge < -0.3 is 5.32 Å². The van der Waals surface area contributed by atoms with Gasteiger partial charge in [-0.15, -0.1) is 0 Å². The Kier molecular flexibility index (Phi) is 3.12. The Bertz CT molecular complexity index is 585. The SMILES string of the molecule is O=C(NC1C=CS(=O)(=O)C1)c1cncc(Cl)n1. The van der Waals surface area contributed by atoms with Crippen molar-refractivity contribution in [2.75, 3.05) is 5.75 Å². The Morgan fingerprint density at radius 3 is 2.82 bits per heavy atom. The third-order valence-electron chi connectivity index (χ3n) is 2.08. The monoisotopic (exact) mass is 273 g/mol. The lowest BCUT2D eigenvalue weighted by molar-refractivity contribution is 0.0942. The highest BCUT2D eigenvalue weighted by Gasteiger charge is 2.23. The maximum atomic E-state index is 11.7. The van der Waals surface area contributed by atoms with Crippen LogP contribution < -0.4 is 5.32 Å². The van der Waals surface area contributed by atoms with Crippen LogP contribution in [0.15, 0.2) is 23.9 Å². The molecule has 90 valence electrons. The molecule has 8 heteroatoms. The number of nitrogens with zero attached hydrogens (tertiary/aromatic N) is 2. The summed E-state index contributed by atoms with van der Waals surface area (Å²) in [6.45, 7) is 0. The maximum Gasteiger partial charge on any atom is 0.272 e. The average Bonchev–Trinajstić information content (AvgIpc) is 2.58. The van der Waals surface area contributed by atoms with Gasteiger partial charge in [-0.1, -0.05) is 11.6 Å². The van der Waals surface area contributed by atoms with Crippen molar-refractivity contribution in [3.63, 3.8) is 0 Å². The van der Waals surface area contributed by atoms with Crippen LogP contribution in [0.2, 0.25) is 5.15 Å². The Morgan fingerprint density at radius 1 is 1.47 bits per heavy atom. The van der Waals surface area contributed by atoms with Crippen molar-refractivity contribution in [3.05, 3.63) is 34.7 Å². The zero-order chi connectivity index (χ0) is 12.5. The van der Waals surface area contributed by atoms with Crippen LogP contribution in [-0.4, -0.2) is 36.1 Å². The molecule has 0 bridgehead atoms. The molecule has 1 atom stereocenters. The second kappa shape index (κ2) is 4.42. The highest BCUT2D eigenvalue weighted by molar-refractivity contribution is 7.94. The van der Waals surface area contributed by atoms with Crippen molar-refractivity contribution in [2.24, 2.45) is 0 Å². The molecule has 17 heavy (non-hydrogen) atoms. The summed E-state index contributed by atoms with van der Waals surface area (Å²) < 4.78 is 22.3. The fraction of sp³-hybridized carbons (Fsp3) is 0.222. The summed E-state index contributed by atoms with van der Waals surface area (Å²) in [5.74, 6) is -0.640. The second-order valence-electron chi connectivity index (χ2n) is 3.47. The molecule has 1 unspecified atom stereocenters. The van der Waals surface area contributed by atoms with Gasteiger partial charge >= 0.3 is 0 Å². The number of aromatic nitrogens is 2. The van der Waals surface area contributed by atoms with Crippen molar-refractivity contribution >= 4 is 27.3 Å². The van der Waals surface area contributed by atoms with E-state index < -0.39 is 21.8 Å².